The van der Waals surface area contributed by atoms with Crippen LogP contribution in [0.4, 0.5) is 10.1 Å². The van der Waals surface area contributed by atoms with Crippen LogP contribution in [0.25, 0.3) is 56.0 Å². The van der Waals surface area contributed by atoms with Gasteiger partial charge in [0.15, 0.2) is 11.5 Å². The van der Waals surface area contributed by atoms with E-state index in [0.717, 1.165) is 11.6 Å². The fraction of sp³-hybridized carbons (Fsp3) is 0.143. The predicted molar refractivity (Wildman–Crippen MR) is 156 cm³/mol. The Kier molecular flexibility index (Phi) is 6.92. The van der Waals surface area contributed by atoms with Gasteiger partial charge in [0.2, 0.25) is 15.9 Å². The van der Waals surface area contributed by atoms with Crippen LogP contribution in [0.5, 0.6) is 0 Å². The van der Waals surface area contributed by atoms with Crippen LogP contribution >= 0.6 is 0 Å². The number of rotatable bonds is 8. The molecule has 0 aliphatic carbocycles. The lowest BCUT2D eigenvalue weighted by molar-refractivity contribution is -0.115. The summed E-state index contributed by atoms with van der Waals surface area (Å²) in [6.45, 7) is 1.72. The number of aromatic amines is 2. The van der Waals surface area contributed by atoms with E-state index in [1.165, 1.54) is 12.1 Å². The lowest BCUT2D eigenvalue weighted by atomic mass is 10.0. The highest BCUT2D eigenvalue weighted by Crippen LogP contribution is 2.32. The number of anilines is 1. The zero-order chi connectivity index (χ0) is 29.4. The quantitative estimate of drug-likeness (QED) is 0.206. The Labute approximate surface area is 238 Å². The first-order valence-corrected chi connectivity index (χ1v) is 14.7. The molecule has 0 bridgehead atoms. The monoisotopic (exact) mass is 585 g/mol. The van der Waals surface area contributed by atoms with Gasteiger partial charge in [-0.05, 0) is 47.5 Å². The van der Waals surface area contributed by atoms with Crippen molar-refractivity contribution in [1.82, 2.24) is 39.8 Å². The fourth-order valence-electron chi connectivity index (χ4n) is 4.53. The van der Waals surface area contributed by atoms with Crippen molar-refractivity contribution in [3.8, 4) is 33.9 Å². The lowest BCUT2D eigenvalue weighted by Gasteiger charge is -2.07. The summed E-state index contributed by atoms with van der Waals surface area (Å²) in [5.41, 5.74) is 5.66. The van der Waals surface area contributed by atoms with Crippen LogP contribution in [-0.2, 0) is 21.4 Å². The maximum atomic E-state index is 14.6. The molecule has 0 atom stereocenters. The minimum absolute atomic E-state index is 0.0529. The Balaban J connectivity index is 1.39. The van der Waals surface area contributed by atoms with Crippen molar-refractivity contribution in [2.24, 2.45) is 0 Å². The van der Waals surface area contributed by atoms with Gasteiger partial charge in [-0.1, -0.05) is 6.92 Å². The summed E-state index contributed by atoms with van der Waals surface area (Å²) in [5.74, 6) is -0.192. The first kappa shape index (κ1) is 27.1. The summed E-state index contributed by atoms with van der Waals surface area (Å²) < 4.78 is 40.0. The minimum atomic E-state index is -3.45. The molecular weight excluding hydrogens is 561 g/mol. The van der Waals surface area contributed by atoms with Crippen LogP contribution in [0.1, 0.15) is 18.9 Å². The molecule has 1 amide bonds. The molecule has 0 saturated carbocycles. The Hall–Kier alpha value is -5.08. The van der Waals surface area contributed by atoms with Gasteiger partial charge in [-0.25, -0.2) is 27.5 Å². The topological polar surface area (TPSA) is 171 Å². The summed E-state index contributed by atoms with van der Waals surface area (Å²) in [6, 6.07) is 9.71. The summed E-state index contributed by atoms with van der Waals surface area (Å²) in [4.78, 5) is 33.0. The predicted octanol–water partition coefficient (Wildman–Crippen LogP) is 4.16. The summed E-state index contributed by atoms with van der Waals surface area (Å²) >= 11 is 0. The van der Waals surface area contributed by atoms with Crippen molar-refractivity contribution < 1.29 is 17.6 Å². The zero-order valence-corrected chi connectivity index (χ0v) is 23.3. The van der Waals surface area contributed by atoms with Crippen molar-refractivity contribution >= 4 is 43.7 Å². The number of sulfonamides is 1. The van der Waals surface area contributed by atoms with Gasteiger partial charge in [0.25, 0.3) is 0 Å². The number of hydrogen-bond donors (Lipinski definition) is 4. The fourth-order valence-corrected chi connectivity index (χ4v) is 4.96. The summed E-state index contributed by atoms with van der Waals surface area (Å²) in [6.07, 6.45) is 7.86. The second-order valence-electron chi connectivity index (χ2n) is 9.63. The average molecular weight is 586 g/mol. The van der Waals surface area contributed by atoms with Gasteiger partial charge in [-0.2, -0.15) is 5.10 Å². The third kappa shape index (κ3) is 5.57. The molecule has 14 heteroatoms. The third-order valence-corrected chi connectivity index (χ3v) is 7.17. The van der Waals surface area contributed by atoms with Gasteiger partial charge in [0, 0.05) is 41.9 Å². The Morgan fingerprint density at radius 2 is 1.90 bits per heavy atom. The zero-order valence-electron chi connectivity index (χ0n) is 22.4. The molecule has 4 N–H and O–H groups in total. The van der Waals surface area contributed by atoms with E-state index in [1.54, 1.807) is 49.9 Å². The molecule has 0 spiro atoms. The number of nitrogens with zero attached hydrogens (tertiary/aromatic N) is 5. The molecule has 6 aromatic rings. The van der Waals surface area contributed by atoms with E-state index in [-0.39, 0.29) is 12.5 Å². The van der Waals surface area contributed by atoms with Gasteiger partial charge in [0.05, 0.1) is 35.5 Å². The number of pyridine rings is 3. The number of benzene rings is 1. The molecule has 0 radical (unpaired) electrons. The van der Waals surface area contributed by atoms with Crippen molar-refractivity contribution in [3.63, 3.8) is 0 Å². The lowest BCUT2D eigenvalue weighted by Crippen LogP contribution is -2.21. The first-order valence-electron chi connectivity index (χ1n) is 12.9. The summed E-state index contributed by atoms with van der Waals surface area (Å²) in [7, 11) is -3.45. The van der Waals surface area contributed by atoms with E-state index >= 15 is 0 Å². The molecule has 0 aliphatic rings. The highest BCUT2D eigenvalue weighted by molar-refractivity contribution is 7.88. The second kappa shape index (κ2) is 10.7. The number of halogens is 1. The number of hydrogen-bond acceptors (Lipinski definition) is 8. The van der Waals surface area contributed by atoms with E-state index < -0.39 is 15.8 Å². The van der Waals surface area contributed by atoms with Crippen molar-refractivity contribution in [2.75, 3.05) is 11.6 Å². The Morgan fingerprint density at radius 3 is 2.71 bits per heavy atom. The molecule has 0 unspecified atom stereocenters. The van der Waals surface area contributed by atoms with Gasteiger partial charge < -0.3 is 10.3 Å². The molecule has 0 fully saturated rings. The molecule has 5 heterocycles. The second-order valence-corrected chi connectivity index (χ2v) is 11.5. The van der Waals surface area contributed by atoms with Crippen molar-refractivity contribution in [2.45, 2.75) is 19.9 Å². The maximum absolute atomic E-state index is 14.6. The van der Waals surface area contributed by atoms with Gasteiger partial charge in [0.1, 0.15) is 17.0 Å². The van der Waals surface area contributed by atoms with Crippen molar-refractivity contribution in [1.29, 1.82) is 0 Å². The van der Waals surface area contributed by atoms with Crippen LogP contribution in [-0.4, -0.2) is 55.7 Å². The number of imidazole rings is 1. The average Bonchev–Trinajstić information content (AvgIpc) is 3.59. The Morgan fingerprint density at radius 1 is 1.05 bits per heavy atom. The van der Waals surface area contributed by atoms with E-state index in [0.29, 0.717) is 68.3 Å². The number of H-pyrrole nitrogens is 2. The van der Waals surface area contributed by atoms with E-state index in [4.69, 9.17) is 4.98 Å². The van der Waals surface area contributed by atoms with E-state index in [1.807, 2.05) is 6.07 Å². The first-order chi connectivity index (χ1) is 20.2. The Bertz CT molecular complexity index is 2090. The number of amides is 1. The smallest absolute Gasteiger partial charge is 0.224 e. The molecular formula is C28H24FN9O3S. The number of aromatic nitrogens is 7. The minimum Gasteiger partial charge on any atom is -0.325 e. The largest absolute Gasteiger partial charge is 0.325 e. The van der Waals surface area contributed by atoms with Gasteiger partial charge >= 0.3 is 0 Å². The molecule has 6 rings (SSSR count). The molecule has 42 heavy (non-hydrogen) atoms. The number of fused-ring (bicyclic) bond motifs is 2. The maximum Gasteiger partial charge on any atom is 0.224 e. The van der Waals surface area contributed by atoms with E-state index in [2.05, 4.69) is 40.2 Å². The standard InChI is InChI=1S/C28H24FN9O3S/c1-3-24(39)34-19-9-17(12-30-13-19)22-10-21-23(14-32-22)37-38-26(21)28-35-25-20(4-5-31-27(25)36-28)16-6-15(7-18(29)8-16)11-33-42(2,40)41/h4-10,12-14,33H,3,11H2,1-2H3,(H,34,39)(H,37,38)(H,31,35,36). The molecule has 0 aliphatic heterocycles. The SMILES string of the molecule is CCC(=O)Nc1cncc(-c2cc3c(-c4nc5c(-c6cc(F)cc(CNS(C)(=O)=O)c6)ccnc5[nH]4)n[nH]c3cn2)c1. The molecule has 0 saturated heterocycles. The number of carbonyl (C=O) groups excluding carboxylic acids is 1. The van der Waals surface area contributed by atoms with Crippen LogP contribution in [0.15, 0.2) is 61.2 Å². The van der Waals surface area contributed by atoms with Gasteiger partial charge in [-0.3, -0.25) is 19.9 Å². The molecule has 5 aromatic heterocycles. The van der Waals surface area contributed by atoms with Crippen LogP contribution in [0.3, 0.4) is 0 Å². The van der Waals surface area contributed by atoms with E-state index in [9.17, 15) is 17.6 Å². The molecule has 12 nitrogen and oxygen atoms in total. The van der Waals surface area contributed by atoms with Gasteiger partial charge in [-0.15, -0.1) is 0 Å². The molecule has 212 valence electrons. The third-order valence-electron chi connectivity index (χ3n) is 6.50. The molecule has 1 aromatic carbocycles. The van der Waals surface area contributed by atoms with Crippen molar-refractivity contribution in [3.05, 3.63) is 72.6 Å². The highest BCUT2D eigenvalue weighted by Gasteiger charge is 2.18. The van der Waals surface area contributed by atoms with Crippen LogP contribution in [0, 0.1) is 5.82 Å². The van der Waals surface area contributed by atoms with Crippen LogP contribution < -0.4 is 10.0 Å². The van der Waals surface area contributed by atoms with Crippen LogP contribution in [0.2, 0.25) is 0 Å². The summed E-state index contributed by atoms with van der Waals surface area (Å²) in [5, 5.41) is 11.0. The highest BCUT2D eigenvalue weighted by atomic mass is 32.2. The number of carbonyl (C=O) groups is 1. The number of nitrogens with one attached hydrogen (secondary N) is 4. The normalized spacial score (nSPS) is 11.8.